The van der Waals surface area contributed by atoms with Crippen LogP contribution >= 0.6 is 0 Å². The molecule has 1 aromatic heterocycles. The average Bonchev–Trinajstić information content (AvgIpc) is 2.41. The molecule has 0 radical (unpaired) electrons. The summed E-state index contributed by atoms with van der Waals surface area (Å²) in [6, 6.07) is 1.38. The van der Waals surface area contributed by atoms with Crippen molar-refractivity contribution in [2.75, 3.05) is 32.1 Å². The first kappa shape index (κ1) is 14.7. The van der Waals surface area contributed by atoms with Gasteiger partial charge < -0.3 is 10.3 Å². The molecule has 2 heterocycles. The van der Waals surface area contributed by atoms with Crippen molar-refractivity contribution in [1.29, 1.82) is 0 Å². The van der Waals surface area contributed by atoms with Crippen LogP contribution in [0.1, 0.15) is 24.2 Å². The number of pyridine rings is 1. The first-order chi connectivity index (χ1) is 9.36. The molecule has 7 heteroatoms. The molecular weight excluding hydrogens is 261 g/mol. The predicted molar refractivity (Wildman–Crippen MR) is 74.6 cm³/mol. The van der Waals surface area contributed by atoms with Gasteiger partial charge in [0.25, 0.3) is 5.91 Å². The second-order valence-electron chi connectivity index (χ2n) is 5.63. The Morgan fingerprint density at radius 2 is 2.20 bits per heavy atom. The molecule has 1 aromatic rings. The highest BCUT2D eigenvalue weighted by Crippen LogP contribution is 2.22. The van der Waals surface area contributed by atoms with Gasteiger partial charge in [-0.1, -0.05) is 0 Å². The number of nitrogens with one attached hydrogen (secondary N) is 1. The largest absolute Gasteiger partial charge is 0.335 e. The molecule has 0 unspecified atom stereocenters. The normalized spacial score (nSPS) is 18.9. The molecule has 0 aliphatic carbocycles. The van der Waals surface area contributed by atoms with Crippen molar-refractivity contribution in [3.05, 3.63) is 23.6 Å². The van der Waals surface area contributed by atoms with Crippen LogP contribution in [0.4, 0.5) is 10.2 Å². The van der Waals surface area contributed by atoms with E-state index in [1.165, 1.54) is 12.3 Å². The maximum atomic E-state index is 14.1. The van der Waals surface area contributed by atoms with Crippen LogP contribution in [0.5, 0.6) is 0 Å². The van der Waals surface area contributed by atoms with Crippen molar-refractivity contribution >= 4 is 11.7 Å². The number of carbonyl (C=O) groups excluding carboxylic acids is 1. The Bertz CT molecular complexity index is 519. The Morgan fingerprint density at radius 3 is 2.80 bits per heavy atom. The van der Waals surface area contributed by atoms with Crippen LogP contribution in [0.2, 0.25) is 0 Å². The van der Waals surface area contributed by atoms with Gasteiger partial charge in [0, 0.05) is 31.4 Å². The van der Waals surface area contributed by atoms with Gasteiger partial charge in [0.2, 0.25) is 0 Å². The van der Waals surface area contributed by atoms with Crippen LogP contribution < -0.4 is 11.3 Å². The lowest BCUT2D eigenvalue weighted by atomic mass is 9.99. The van der Waals surface area contributed by atoms with Gasteiger partial charge in [-0.2, -0.15) is 0 Å². The van der Waals surface area contributed by atoms with Gasteiger partial charge in [-0.3, -0.25) is 9.69 Å². The number of nitrogens with zero attached hydrogens (tertiary/aromatic N) is 3. The number of likely N-dealkylation sites (N-methyl/N-ethyl adjacent to an activating group) is 1. The Balaban J connectivity index is 2.24. The lowest BCUT2D eigenvalue weighted by molar-refractivity contribution is 0.0308. The zero-order valence-corrected chi connectivity index (χ0v) is 12.0. The number of carbonyl (C=O) groups is 1. The fraction of sp³-hybridized carbons (Fsp3) is 0.538. The van der Waals surface area contributed by atoms with E-state index in [0.29, 0.717) is 13.1 Å². The van der Waals surface area contributed by atoms with Crippen molar-refractivity contribution in [3.8, 4) is 0 Å². The molecule has 0 spiro atoms. The van der Waals surface area contributed by atoms with Crippen molar-refractivity contribution in [2.24, 2.45) is 5.84 Å². The van der Waals surface area contributed by atoms with E-state index >= 15 is 0 Å². The Morgan fingerprint density at radius 1 is 1.50 bits per heavy atom. The maximum Gasteiger partial charge on any atom is 0.257 e. The number of nitrogen functional groups attached to an aromatic ring is 1. The fourth-order valence-electron chi connectivity index (χ4n) is 2.29. The number of halogens is 1. The third-order valence-electron chi connectivity index (χ3n) is 3.86. The summed E-state index contributed by atoms with van der Waals surface area (Å²) in [5.74, 6) is 4.01. The minimum Gasteiger partial charge on any atom is -0.335 e. The van der Waals surface area contributed by atoms with Gasteiger partial charge in [0.05, 0.1) is 5.56 Å². The van der Waals surface area contributed by atoms with Gasteiger partial charge >= 0.3 is 0 Å². The number of nitrogens with two attached hydrogens (primary N) is 1. The van der Waals surface area contributed by atoms with E-state index in [0.717, 1.165) is 6.54 Å². The lowest BCUT2D eigenvalue weighted by Crippen LogP contribution is -2.58. The number of hydrogen-bond acceptors (Lipinski definition) is 5. The van der Waals surface area contributed by atoms with Crippen LogP contribution in [0.25, 0.3) is 0 Å². The van der Waals surface area contributed by atoms with Crippen molar-refractivity contribution < 1.29 is 9.18 Å². The summed E-state index contributed by atoms with van der Waals surface area (Å²) in [7, 11) is 2.02. The number of aromatic nitrogens is 1. The van der Waals surface area contributed by atoms with E-state index in [1.807, 2.05) is 7.05 Å². The number of rotatable bonds is 2. The molecule has 1 fully saturated rings. The van der Waals surface area contributed by atoms with Gasteiger partial charge in [0.15, 0.2) is 11.6 Å². The summed E-state index contributed by atoms with van der Waals surface area (Å²) in [5, 5.41) is 0. The molecule has 0 atom stereocenters. The van der Waals surface area contributed by atoms with Crippen molar-refractivity contribution in [2.45, 2.75) is 19.4 Å². The molecule has 1 amide bonds. The van der Waals surface area contributed by atoms with Crippen LogP contribution in [0.15, 0.2) is 12.3 Å². The molecule has 6 nitrogen and oxygen atoms in total. The topological polar surface area (TPSA) is 74.5 Å². The smallest absolute Gasteiger partial charge is 0.257 e. The van der Waals surface area contributed by atoms with Crippen LogP contribution in [0.3, 0.4) is 0 Å². The summed E-state index contributed by atoms with van der Waals surface area (Å²) in [5.41, 5.74) is 2.01. The van der Waals surface area contributed by atoms with Gasteiger partial charge in [0.1, 0.15) is 0 Å². The van der Waals surface area contributed by atoms with E-state index in [1.54, 1.807) is 4.90 Å². The SMILES string of the molecule is CN1CCN(C(=O)c2ccnc(NN)c2F)CC1(C)C. The standard InChI is InChI=1S/C13H20FN5O/c1-13(2)8-19(7-6-18(13)3)12(20)9-4-5-16-11(17-15)10(9)14/h4-5H,6-8,15H2,1-3H3,(H,16,17). The molecule has 20 heavy (non-hydrogen) atoms. The molecular formula is C13H20FN5O. The molecule has 3 N–H and O–H groups in total. The summed E-state index contributed by atoms with van der Waals surface area (Å²) in [6.45, 7) is 6.00. The lowest BCUT2D eigenvalue weighted by Gasteiger charge is -2.45. The monoisotopic (exact) mass is 281 g/mol. The van der Waals surface area contributed by atoms with Gasteiger partial charge in [-0.25, -0.2) is 15.2 Å². The zero-order valence-electron chi connectivity index (χ0n) is 12.0. The summed E-state index contributed by atoms with van der Waals surface area (Å²) < 4.78 is 14.1. The third kappa shape index (κ3) is 2.59. The number of amides is 1. The number of hydrazine groups is 1. The molecule has 1 aliphatic rings. The number of hydrogen-bond donors (Lipinski definition) is 2. The minimum atomic E-state index is -0.711. The van der Waals surface area contributed by atoms with Crippen LogP contribution in [-0.2, 0) is 0 Å². The van der Waals surface area contributed by atoms with Crippen molar-refractivity contribution in [3.63, 3.8) is 0 Å². The van der Waals surface area contributed by atoms with Crippen molar-refractivity contribution in [1.82, 2.24) is 14.8 Å². The first-order valence-corrected chi connectivity index (χ1v) is 6.48. The second-order valence-corrected chi connectivity index (χ2v) is 5.63. The fourth-order valence-corrected chi connectivity index (χ4v) is 2.29. The quantitative estimate of drug-likeness (QED) is 0.616. The first-order valence-electron chi connectivity index (χ1n) is 6.48. The highest BCUT2D eigenvalue weighted by atomic mass is 19.1. The molecule has 0 aromatic carbocycles. The van der Waals surface area contributed by atoms with Crippen LogP contribution in [-0.4, -0.2) is 52.9 Å². The highest BCUT2D eigenvalue weighted by Gasteiger charge is 2.34. The van der Waals surface area contributed by atoms with E-state index in [9.17, 15) is 9.18 Å². The zero-order chi connectivity index (χ0) is 14.9. The molecule has 1 saturated heterocycles. The number of piperazine rings is 1. The van der Waals surface area contributed by atoms with E-state index in [2.05, 4.69) is 29.2 Å². The summed E-state index contributed by atoms with van der Waals surface area (Å²) in [6.07, 6.45) is 1.37. The molecule has 2 rings (SSSR count). The predicted octanol–water partition coefficient (Wildman–Crippen LogP) is 0.672. The maximum absolute atomic E-state index is 14.1. The Labute approximate surface area is 117 Å². The molecule has 0 saturated carbocycles. The summed E-state index contributed by atoms with van der Waals surface area (Å²) >= 11 is 0. The molecule has 1 aliphatic heterocycles. The molecule has 110 valence electrons. The number of anilines is 1. The second kappa shape index (κ2) is 5.34. The van der Waals surface area contributed by atoms with Gasteiger partial charge in [-0.15, -0.1) is 0 Å². The molecule has 0 bridgehead atoms. The van der Waals surface area contributed by atoms with Gasteiger partial charge in [-0.05, 0) is 27.0 Å². The average molecular weight is 281 g/mol. The van der Waals surface area contributed by atoms with E-state index in [4.69, 9.17) is 5.84 Å². The Kier molecular flexibility index (Phi) is 3.92. The minimum absolute atomic E-state index is 0.00620. The van der Waals surface area contributed by atoms with Crippen LogP contribution in [0, 0.1) is 5.82 Å². The third-order valence-corrected chi connectivity index (χ3v) is 3.86. The summed E-state index contributed by atoms with van der Waals surface area (Å²) in [4.78, 5) is 20.0. The highest BCUT2D eigenvalue weighted by molar-refractivity contribution is 5.95. The van der Waals surface area contributed by atoms with E-state index in [-0.39, 0.29) is 22.8 Å². The Hall–Kier alpha value is -1.73. The van der Waals surface area contributed by atoms with E-state index < -0.39 is 5.82 Å².